The highest BCUT2D eigenvalue weighted by molar-refractivity contribution is 5.92. The topological polar surface area (TPSA) is 38.1 Å². The molecule has 3 atom stereocenters. The summed E-state index contributed by atoms with van der Waals surface area (Å²) in [7, 11) is 1.81. The number of rotatable bonds is 3. The molecule has 0 N–H and O–H groups in total. The van der Waals surface area contributed by atoms with Crippen LogP contribution in [0, 0.1) is 23.6 Å². The van der Waals surface area contributed by atoms with E-state index < -0.39 is 0 Å². The smallest absolute Gasteiger partial charge is 0.272 e. The summed E-state index contributed by atoms with van der Waals surface area (Å²) in [5.41, 5.74) is 1.85. The second-order valence-corrected chi connectivity index (χ2v) is 7.14. The lowest BCUT2D eigenvalue weighted by atomic mass is 9.87. The van der Waals surface area contributed by atoms with Crippen LogP contribution in [0.3, 0.4) is 0 Å². The molecule has 4 rings (SSSR count). The minimum Gasteiger partial charge on any atom is -0.337 e. The van der Waals surface area contributed by atoms with E-state index in [0.717, 1.165) is 19.5 Å². The largest absolute Gasteiger partial charge is 0.337 e. The molecule has 1 aromatic heterocycles. The van der Waals surface area contributed by atoms with Gasteiger partial charge in [-0.25, -0.2) is 4.39 Å². The Morgan fingerprint density at radius 2 is 2.00 bits per heavy atom. The molecular weight excluding hydrogens is 305 g/mol. The van der Waals surface area contributed by atoms with Gasteiger partial charge in [0.05, 0.1) is 0 Å². The molecule has 126 valence electrons. The van der Waals surface area contributed by atoms with E-state index in [1.807, 2.05) is 24.1 Å². The number of aromatic nitrogens is 2. The number of benzene rings is 1. The van der Waals surface area contributed by atoms with E-state index in [1.165, 1.54) is 30.5 Å². The lowest BCUT2D eigenvalue weighted by Crippen LogP contribution is -2.31. The summed E-state index contributed by atoms with van der Waals surface area (Å²) in [6.07, 6.45) is 5.04. The average Bonchev–Trinajstić information content (AvgIpc) is 3.26. The highest BCUT2D eigenvalue weighted by Gasteiger charge is 2.44. The molecule has 1 aromatic carbocycles. The van der Waals surface area contributed by atoms with E-state index in [-0.39, 0.29) is 11.7 Å². The number of hydrogen-bond donors (Lipinski definition) is 0. The number of nitrogens with zero attached hydrogens (tertiary/aromatic N) is 3. The Kier molecular flexibility index (Phi) is 3.87. The zero-order valence-corrected chi connectivity index (χ0v) is 13.9. The van der Waals surface area contributed by atoms with E-state index in [1.54, 1.807) is 16.9 Å². The summed E-state index contributed by atoms with van der Waals surface area (Å²) >= 11 is 0. The number of amides is 1. The van der Waals surface area contributed by atoms with Gasteiger partial charge in [-0.3, -0.25) is 9.48 Å². The maximum Gasteiger partial charge on any atom is 0.272 e. The number of aryl methyl sites for hydroxylation is 1. The normalized spacial score (nSPS) is 25.9. The van der Waals surface area contributed by atoms with Crippen molar-refractivity contribution < 1.29 is 9.18 Å². The Morgan fingerprint density at radius 3 is 2.71 bits per heavy atom. The second kappa shape index (κ2) is 6.04. The Hall–Kier alpha value is -2.17. The van der Waals surface area contributed by atoms with Gasteiger partial charge in [0.15, 0.2) is 0 Å². The van der Waals surface area contributed by atoms with Crippen molar-refractivity contribution in [3.05, 3.63) is 53.6 Å². The summed E-state index contributed by atoms with van der Waals surface area (Å²) < 4.78 is 14.7. The quantitative estimate of drug-likeness (QED) is 0.869. The number of halogens is 1. The van der Waals surface area contributed by atoms with E-state index in [4.69, 9.17) is 0 Å². The van der Waals surface area contributed by atoms with Gasteiger partial charge in [-0.1, -0.05) is 12.1 Å². The number of fused-ring (bicyclic) bond motifs is 1. The molecule has 2 fully saturated rings. The van der Waals surface area contributed by atoms with Crippen molar-refractivity contribution in [1.82, 2.24) is 14.7 Å². The van der Waals surface area contributed by atoms with Crippen molar-refractivity contribution in [2.45, 2.75) is 19.3 Å². The molecule has 1 aliphatic heterocycles. The van der Waals surface area contributed by atoms with Crippen LogP contribution >= 0.6 is 0 Å². The van der Waals surface area contributed by atoms with Crippen molar-refractivity contribution in [2.75, 3.05) is 13.1 Å². The van der Waals surface area contributed by atoms with Crippen LogP contribution in [-0.4, -0.2) is 33.7 Å². The SMILES string of the molecule is Cn1nccc1C(=O)N1C[C@H]2CC[C@H](Cc3ccc(F)cc3)[C@H]2C1. The standard InChI is InChI=1S/C19H22FN3O/c1-22-18(8-9-21-22)19(24)23-11-15-5-4-14(17(15)12-23)10-13-2-6-16(20)7-3-13/h2-3,6-9,14-15,17H,4-5,10-12H2,1H3/t14-,15-,17-/m1/s1. The maximum atomic E-state index is 13.1. The lowest BCUT2D eigenvalue weighted by Gasteiger charge is -2.21. The first-order chi connectivity index (χ1) is 11.6. The van der Waals surface area contributed by atoms with Gasteiger partial charge >= 0.3 is 0 Å². The van der Waals surface area contributed by atoms with Crippen molar-refractivity contribution in [3.8, 4) is 0 Å². The zero-order chi connectivity index (χ0) is 16.7. The average molecular weight is 327 g/mol. The highest BCUT2D eigenvalue weighted by atomic mass is 19.1. The predicted molar refractivity (Wildman–Crippen MR) is 88.9 cm³/mol. The van der Waals surface area contributed by atoms with Crippen LogP contribution in [-0.2, 0) is 13.5 Å². The second-order valence-electron chi connectivity index (χ2n) is 7.14. The first kappa shape index (κ1) is 15.4. The molecule has 5 heteroatoms. The monoisotopic (exact) mass is 327 g/mol. The van der Waals surface area contributed by atoms with Crippen molar-refractivity contribution >= 4 is 5.91 Å². The van der Waals surface area contributed by atoms with Crippen LogP contribution in [0.25, 0.3) is 0 Å². The van der Waals surface area contributed by atoms with Crippen LogP contribution < -0.4 is 0 Å². The molecule has 24 heavy (non-hydrogen) atoms. The van der Waals surface area contributed by atoms with E-state index >= 15 is 0 Å². The Bertz CT molecular complexity index is 739. The van der Waals surface area contributed by atoms with Gasteiger partial charge < -0.3 is 4.90 Å². The third-order valence-corrected chi connectivity index (χ3v) is 5.74. The van der Waals surface area contributed by atoms with Gasteiger partial charge in [0.2, 0.25) is 0 Å². The first-order valence-corrected chi connectivity index (χ1v) is 8.63. The minimum absolute atomic E-state index is 0.0879. The molecule has 1 aliphatic carbocycles. The van der Waals surface area contributed by atoms with Crippen LogP contribution in [0.1, 0.15) is 28.9 Å². The van der Waals surface area contributed by atoms with Crippen LogP contribution in [0.5, 0.6) is 0 Å². The summed E-state index contributed by atoms with van der Waals surface area (Å²) in [5.74, 6) is 1.66. The van der Waals surface area contributed by atoms with Gasteiger partial charge in [0, 0.05) is 26.3 Å². The first-order valence-electron chi connectivity index (χ1n) is 8.63. The fraction of sp³-hybridized carbons (Fsp3) is 0.474. The fourth-order valence-corrected chi connectivity index (χ4v) is 4.47. The number of carbonyl (C=O) groups is 1. The van der Waals surface area contributed by atoms with Gasteiger partial charge in [0.1, 0.15) is 11.5 Å². The molecule has 2 aliphatic rings. The molecule has 0 unspecified atom stereocenters. The van der Waals surface area contributed by atoms with Crippen molar-refractivity contribution in [1.29, 1.82) is 0 Å². The Balaban J connectivity index is 1.44. The number of hydrogen-bond acceptors (Lipinski definition) is 2. The van der Waals surface area contributed by atoms with Crippen LogP contribution in [0.15, 0.2) is 36.5 Å². The minimum atomic E-state index is -0.183. The summed E-state index contributed by atoms with van der Waals surface area (Å²) in [4.78, 5) is 14.7. The number of likely N-dealkylation sites (tertiary alicyclic amines) is 1. The summed E-state index contributed by atoms with van der Waals surface area (Å²) in [5, 5.41) is 4.10. The summed E-state index contributed by atoms with van der Waals surface area (Å²) in [6.45, 7) is 1.69. The fourth-order valence-electron chi connectivity index (χ4n) is 4.47. The Morgan fingerprint density at radius 1 is 1.21 bits per heavy atom. The molecule has 1 saturated carbocycles. The van der Waals surface area contributed by atoms with E-state index in [0.29, 0.717) is 23.4 Å². The predicted octanol–water partition coefficient (Wildman–Crippen LogP) is 2.90. The lowest BCUT2D eigenvalue weighted by molar-refractivity contribution is 0.0765. The van der Waals surface area contributed by atoms with Gasteiger partial charge in [-0.15, -0.1) is 0 Å². The number of carbonyl (C=O) groups excluding carboxylic acids is 1. The van der Waals surface area contributed by atoms with Gasteiger partial charge in [-0.2, -0.15) is 5.10 Å². The molecular formula is C19H22FN3O. The molecule has 2 heterocycles. The van der Waals surface area contributed by atoms with Crippen LogP contribution in [0.4, 0.5) is 4.39 Å². The third-order valence-electron chi connectivity index (χ3n) is 5.74. The summed E-state index contributed by atoms with van der Waals surface area (Å²) in [6, 6.07) is 8.63. The molecule has 2 aromatic rings. The van der Waals surface area contributed by atoms with Crippen molar-refractivity contribution in [2.24, 2.45) is 24.8 Å². The molecule has 0 radical (unpaired) electrons. The van der Waals surface area contributed by atoms with Crippen molar-refractivity contribution in [3.63, 3.8) is 0 Å². The molecule has 0 spiro atoms. The van der Waals surface area contributed by atoms with E-state index in [9.17, 15) is 9.18 Å². The molecule has 1 saturated heterocycles. The molecule has 1 amide bonds. The molecule has 0 bridgehead atoms. The van der Waals surface area contributed by atoms with Crippen LogP contribution in [0.2, 0.25) is 0 Å². The zero-order valence-electron chi connectivity index (χ0n) is 13.9. The van der Waals surface area contributed by atoms with Gasteiger partial charge in [-0.05, 0) is 60.8 Å². The third kappa shape index (κ3) is 2.72. The highest BCUT2D eigenvalue weighted by Crippen LogP contribution is 2.44. The van der Waals surface area contributed by atoms with E-state index in [2.05, 4.69) is 5.10 Å². The maximum absolute atomic E-state index is 13.1. The van der Waals surface area contributed by atoms with Gasteiger partial charge in [0.25, 0.3) is 5.91 Å². The Labute approximate surface area is 141 Å². The molecule has 4 nitrogen and oxygen atoms in total.